The molecule has 5 nitrogen and oxygen atoms in total. The molecule has 0 saturated carbocycles. The topological polar surface area (TPSA) is 76.4 Å². The van der Waals surface area contributed by atoms with Gasteiger partial charge >= 0.3 is 5.97 Å². The number of aromatic nitrogens is 1. The van der Waals surface area contributed by atoms with E-state index in [1.807, 2.05) is 11.5 Å². The summed E-state index contributed by atoms with van der Waals surface area (Å²) in [5.74, 6) is -0.911. The van der Waals surface area contributed by atoms with Crippen LogP contribution in [0.3, 0.4) is 0 Å². The molecule has 2 aromatic rings. The monoisotopic (exact) mass is 295 g/mol. The molecule has 1 aromatic heterocycles. The Morgan fingerprint density at radius 1 is 1.25 bits per heavy atom. The summed E-state index contributed by atoms with van der Waals surface area (Å²) in [4.78, 5) is 11.0. The number of aromatic carboxylic acids is 1. The molecule has 2 rings (SSSR count). The van der Waals surface area contributed by atoms with E-state index in [-0.39, 0.29) is 17.1 Å². The number of carboxylic acids is 1. The zero-order chi connectivity index (χ0) is 14.9. The SMILES string of the molecule is CCn1c(CS(=O)(=O)CC)cc2cc(C(=O)O)ccc21. The molecule has 0 bridgehead atoms. The van der Waals surface area contributed by atoms with Gasteiger partial charge in [0.2, 0.25) is 0 Å². The van der Waals surface area contributed by atoms with Gasteiger partial charge in [0.1, 0.15) is 0 Å². The lowest BCUT2D eigenvalue weighted by molar-refractivity contribution is 0.0697. The highest BCUT2D eigenvalue weighted by Gasteiger charge is 2.15. The second-order valence-corrected chi connectivity index (χ2v) is 6.99. The third-order valence-corrected chi connectivity index (χ3v) is 4.97. The number of carboxylic acid groups (broad SMARTS) is 1. The van der Waals surface area contributed by atoms with E-state index >= 15 is 0 Å². The lowest BCUT2D eigenvalue weighted by atomic mass is 10.1. The van der Waals surface area contributed by atoms with E-state index in [2.05, 4.69) is 0 Å². The first-order chi connectivity index (χ1) is 9.38. The standard InChI is InChI=1S/C14H17NO4S/c1-3-15-12(9-20(18,19)4-2)8-11-7-10(14(16)17)5-6-13(11)15/h5-8H,3-4,9H2,1-2H3,(H,16,17). The van der Waals surface area contributed by atoms with E-state index in [9.17, 15) is 13.2 Å². The van der Waals surface area contributed by atoms with Gasteiger partial charge in [-0.15, -0.1) is 0 Å². The summed E-state index contributed by atoms with van der Waals surface area (Å²) >= 11 is 0. The van der Waals surface area contributed by atoms with E-state index in [1.165, 1.54) is 6.07 Å². The molecule has 0 amide bonds. The number of rotatable bonds is 5. The predicted molar refractivity (Wildman–Crippen MR) is 77.7 cm³/mol. The van der Waals surface area contributed by atoms with E-state index in [0.717, 1.165) is 10.9 Å². The maximum Gasteiger partial charge on any atom is 0.335 e. The van der Waals surface area contributed by atoms with Crippen molar-refractivity contribution in [3.63, 3.8) is 0 Å². The maximum atomic E-state index is 11.8. The summed E-state index contributed by atoms with van der Waals surface area (Å²) in [5, 5.41) is 9.76. The zero-order valence-corrected chi connectivity index (χ0v) is 12.3. The molecule has 0 aliphatic heterocycles. The molecule has 1 aromatic carbocycles. The van der Waals surface area contributed by atoms with Crippen LogP contribution in [0.2, 0.25) is 0 Å². The number of fused-ring (bicyclic) bond motifs is 1. The first-order valence-corrected chi connectivity index (χ1v) is 8.26. The molecule has 0 aliphatic rings. The van der Waals surface area contributed by atoms with Crippen LogP contribution in [0.5, 0.6) is 0 Å². The Balaban J connectivity index is 2.58. The molecular formula is C14H17NO4S. The van der Waals surface area contributed by atoms with Crippen molar-refractivity contribution in [3.05, 3.63) is 35.5 Å². The minimum absolute atomic E-state index is 0.0194. The van der Waals surface area contributed by atoms with Crippen molar-refractivity contribution in [1.82, 2.24) is 4.57 Å². The van der Waals surface area contributed by atoms with E-state index in [0.29, 0.717) is 12.2 Å². The van der Waals surface area contributed by atoms with Crippen LogP contribution < -0.4 is 0 Å². The highest BCUT2D eigenvalue weighted by atomic mass is 32.2. The summed E-state index contributed by atoms with van der Waals surface area (Å²) in [5.41, 5.74) is 1.77. The molecule has 0 atom stereocenters. The maximum absolute atomic E-state index is 11.8. The fraction of sp³-hybridized carbons (Fsp3) is 0.357. The number of hydrogen-bond acceptors (Lipinski definition) is 3. The third-order valence-electron chi connectivity index (χ3n) is 3.36. The number of hydrogen-bond donors (Lipinski definition) is 1. The molecule has 0 unspecified atom stereocenters. The van der Waals surface area contributed by atoms with Gasteiger partial charge in [0, 0.05) is 28.9 Å². The van der Waals surface area contributed by atoms with Gasteiger partial charge in [-0.05, 0) is 31.2 Å². The minimum Gasteiger partial charge on any atom is -0.478 e. The summed E-state index contributed by atoms with van der Waals surface area (Å²) in [6.45, 7) is 4.20. The average molecular weight is 295 g/mol. The van der Waals surface area contributed by atoms with Gasteiger partial charge in [-0.1, -0.05) is 6.92 Å². The fourth-order valence-corrected chi connectivity index (χ4v) is 3.18. The van der Waals surface area contributed by atoms with Crippen LogP contribution in [0.4, 0.5) is 0 Å². The molecule has 1 N–H and O–H groups in total. The van der Waals surface area contributed by atoms with Crippen molar-refractivity contribution in [2.45, 2.75) is 26.1 Å². The smallest absolute Gasteiger partial charge is 0.335 e. The van der Waals surface area contributed by atoms with E-state index in [1.54, 1.807) is 25.1 Å². The Morgan fingerprint density at radius 2 is 1.95 bits per heavy atom. The van der Waals surface area contributed by atoms with Crippen LogP contribution >= 0.6 is 0 Å². The van der Waals surface area contributed by atoms with Gasteiger partial charge in [0.05, 0.1) is 11.3 Å². The molecule has 20 heavy (non-hydrogen) atoms. The summed E-state index contributed by atoms with van der Waals surface area (Å²) in [7, 11) is -3.12. The third kappa shape index (κ3) is 2.70. The van der Waals surface area contributed by atoms with Gasteiger partial charge < -0.3 is 9.67 Å². The zero-order valence-electron chi connectivity index (χ0n) is 11.5. The van der Waals surface area contributed by atoms with Crippen molar-refractivity contribution < 1.29 is 18.3 Å². The van der Waals surface area contributed by atoms with Crippen LogP contribution in [0.1, 0.15) is 29.9 Å². The molecule has 1 heterocycles. The Kier molecular flexibility index (Phi) is 3.85. The van der Waals surface area contributed by atoms with Crippen molar-refractivity contribution in [2.75, 3.05) is 5.75 Å². The number of carbonyl (C=O) groups is 1. The van der Waals surface area contributed by atoms with Crippen LogP contribution in [0, 0.1) is 0 Å². The van der Waals surface area contributed by atoms with Crippen LogP contribution in [0.15, 0.2) is 24.3 Å². The fourth-order valence-electron chi connectivity index (χ4n) is 2.28. The number of sulfone groups is 1. The Hall–Kier alpha value is -1.82. The van der Waals surface area contributed by atoms with Gasteiger partial charge in [-0.25, -0.2) is 13.2 Å². The minimum atomic E-state index is -3.12. The molecule has 0 aliphatic carbocycles. The predicted octanol–water partition coefficient (Wildman–Crippen LogP) is 2.29. The summed E-state index contributed by atoms with van der Waals surface area (Å²) in [6, 6.07) is 6.60. The first-order valence-electron chi connectivity index (χ1n) is 6.44. The second kappa shape index (κ2) is 5.28. The van der Waals surface area contributed by atoms with Gasteiger partial charge in [0.25, 0.3) is 0 Å². The quantitative estimate of drug-likeness (QED) is 0.918. The van der Waals surface area contributed by atoms with Crippen molar-refractivity contribution >= 4 is 26.7 Å². The van der Waals surface area contributed by atoms with E-state index in [4.69, 9.17) is 5.11 Å². The lowest BCUT2D eigenvalue weighted by Gasteiger charge is -2.07. The van der Waals surface area contributed by atoms with Crippen LogP contribution in [-0.2, 0) is 22.1 Å². The number of benzene rings is 1. The molecule has 0 radical (unpaired) electrons. The Bertz CT molecular complexity index is 759. The normalized spacial score (nSPS) is 11.9. The largest absolute Gasteiger partial charge is 0.478 e. The van der Waals surface area contributed by atoms with Gasteiger partial charge in [0.15, 0.2) is 9.84 Å². The average Bonchev–Trinajstić information content (AvgIpc) is 2.73. The molecule has 0 fully saturated rings. The molecular weight excluding hydrogens is 278 g/mol. The molecule has 0 spiro atoms. The van der Waals surface area contributed by atoms with Crippen molar-refractivity contribution in [1.29, 1.82) is 0 Å². The first kappa shape index (κ1) is 14.6. The Morgan fingerprint density at radius 3 is 2.50 bits per heavy atom. The van der Waals surface area contributed by atoms with Crippen LogP contribution in [-0.4, -0.2) is 29.8 Å². The molecule has 0 saturated heterocycles. The highest BCUT2D eigenvalue weighted by molar-refractivity contribution is 7.90. The van der Waals surface area contributed by atoms with E-state index < -0.39 is 15.8 Å². The number of aryl methyl sites for hydroxylation is 1. The lowest BCUT2D eigenvalue weighted by Crippen LogP contribution is -2.10. The summed E-state index contributed by atoms with van der Waals surface area (Å²) < 4.78 is 25.5. The van der Waals surface area contributed by atoms with Gasteiger partial charge in [-0.2, -0.15) is 0 Å². The van der Waals surface area contributed by atoms with Crippen molar-refractivity contribution in [3.8, 4) is 0 Å². The second-order valence-electron chi connectivity index (χ2n) is 4.64. The van der Waals surface area contributed by atoms with Gasteiger partial charge in [-0.3, -0.25) is 0 Å². The van der Waals surface area contributed by atoms with Crippen molar-refractivity contribution in [2.24, 2.45) is 0 Å². The van der Waals surface area contributed by atoms with Crippen LogP contribution in [0.25, 0.3) is 10.9 Å². The molecule has 108 valence electrons. The molecule has 6 heteroatoms. The highest BCUT2D eigenvalue weighted by Crippen LogP contribution is 2.23. The Labute approximate surface area is 117 Å². The summed E-state index contributed by atoms with van der Waals surface area (Å²) in [6.07, 6.45) is 0. The number of nitrogens with zero attached hydrogens (tertiary/aromatic N) is 1.